The summed E-state index contributed by atoms with van der Waals surface area (Å²) in [6.45, 7) is 2.46. The van der Waals surface area contributed by atoms with E-state index in [-0.39, 0.29) is 6.04 Å². The first kappa shape index (κ1) is 19.0. The fourth-order valence-electron chi connectivity index (χ4n) is 2.81. The maximum Gasteiger partial charge on any atom is 0.142 e. The third-order valence-electron chi connectivity index (χ3n) is 4.18. The number of rotatable bonds is 8. The molecule has 1 N–H and O–H groups in total. The van der Waals surface area contributed by atoms with Gasteiger partial charge in [-0.25, -0.2) is 0 Å². The highest BCUT2D eigenvalue weighted by Gasteiger charge is 2.13. The molecule has 0 aromatic heterocycles. The Morgan fingerprint density at radius 3 is 2.22 bits per heavy atom. The van der Waals surface area contributed by atoms with Gasteiger partial charge in [0.25, 0.3) is 0 Å². The van der Waals surface area contributed by atoms with Crippen molar-refractivity contribution in [3.8, 4) is 0 Å². The van der Waals surface area contributed by atoms with Crippen molar-refractivity contribution in [2.45, 2.75) is 26.0 Å². The van der Waals surface area contributed by atoms with Crippen LogP contribution in [0.1, 0.15) is 30.5 Å². The Morgan fingerprint density at radius 2 is 1.56 bits per heavy atom. The van der Waals surface area contributed by atoms with Gasteiger partial charge in [0.15, 0.2) is 0 Å². The molecule has 3 aromatic rings. The number of nitrogens with zero attached hydrogens (tertiary/aromatic N) is 1. The second-order valence-electron chi connectivity index (χ2n) is 6.40. The van der Waals surface area contributed by atoms with Crippen LogP contribution in [0.4, 0.5) is 5.69 Å². The highest BCUT2D eigenvalue weighted by Crippen LogP contribution is 2.24. The molecule has 0 amide bonds. The first-order chi connectivity index (χ1) is 13.2. The van der Waals surface area contributed by atoms with Crippen molar-refractivity contribution in [2.24, 2.45) is 5.16 Å². The lowest BCUT2D eigenvalue weighted by Crippen LogP contribution is -2.14. The van der Waals surface area contributed by atoms with E-state index >= 15 is 0 Å². The molecule has 0 aliphatic rings. The molecule has 0 saturated heterocycles. The van der Waals surface area contributed by atoms with Crippen LogP contribution in [0.3, 0.4) is 0 Å². The van der Waals surface area contributed by atoms with Gasteiger partial charge in [-0.15, -0.1) is 0 Å². The average molecular weight is 379 g/mol. The molecule has 138 valence electrons. The fraction of sp³-hybridized carbons (Fsp3) is 0.174. The van der Waals surface area contributed by atoms with Gasteiger partial charge in [0.1, 0.15) is 6.61 Å². The van der Waals surface area contributed by atoms with E-state index in [9.17, 15) is 0 Å². The smallest absolute Gasteiger partial charge is 0.142 e. The summed E-state index contributed by atoms with van der Waals surface area (Å²) in [5, 5.41) is 8.59. The maximum atomic E-state index is 5.99. The van der Waals surface area contributed by atoms with Gasteiger partial charge in [-0.3, -0.25) is 0 Å². The molecule has 3 aromatic carbocycles. The first-order valence-corrected chi connectivity index (χ1v) is 9.35. The lowest BCUT2D eigenvalue weighted by atomic mass is 10.0. The molecule has 0 fully saturated rings. The average Bonchev–Trinajstić information content (AvgIpc) is 2.70. The highest BCUT2D eigenvalue weighted by atomic mass is 35.5. The number of oxime groups is 1. The summed E-state index contributed by atoms with van der Waals surface area (Å²) in [5.74, 6) is 0. The molecule has 0 saturated carbocycles. The van der Waals surface area contributed by atoms with Crippen molar-refractivity contribution in [3.63, 3.8) is 0 Å². The van der Waals surface area contributed by atoms with E-state index in [4.69, 9.17) is 16.4 Å². The van der Waals surface area contributed by atoms with E-state index in [0.717, 1.165) is 28.4 Å². The van der Waals surface area contributed by atoms with E-state index in [1.807, 2.05) is 79.7 Å². The summed E-state index contributed by atoms with van der Waals surface area (Å²) in [5.41, 5.74) is 4.26. The highest BCUT2D eigenvalue weighted by molar-refractivity contribution is 6.30. The Hall–Kier alpha value is -2.78. The number of benzene rings is 3. The topological polar surface area (TPSA) is 33.6 Å². The third kappa shape index (κ3) is 6.15. The zero-order chi connectivity index (χ0) is 18.9. The lowest BCUT2D eigenvalue weighted by molar-refractivity contribution is 0.129. The Morgan fingerprint density at radius 1 is 0.926 bits per heavy atom. The molecule has 0 spiro atoms. The van der Waals surface area contributed by atoms with Crippen LogP contribution in [-0.4, -0.2) is 5.71 Å². The van der Waals surface area contributed by atoms with E-state index < -0.39 is 0 Å². The van der Waals surface area contributed by atoms with Crippen LogP contribution in [0, 0.1) is 0 Å². The molecule has 0 bridgehead atoms. The van der Waals surface area contributed by atoms with E-state index in [2.05, 4.69) is 22.6 Å². The van der Waals surface area contributed by atoms with Gasteiger partial charge in [0.2, 0.25) is 0 Å². The van der Waals surface area contributed by atoms with Crippen molar-refractivity contribution in [3.05, 3.63) is 101 Å². The Balaban J connectivity index is 1.66. The van der Waals surface area contributed by atoms with Crippen LogP contribution in [0.5, 0.6) is 0 Å². The standard InChI is InChI=1S/C23H23ClN2O/c1-18(26-27-17-19-8-4-2-5-9-19)16-23(20-10-6-3-7-11-20)25-22-14-12-21(24)13-15-22/h2-15,23,25H,16-17H2,1H3/b26-18+. The van der Waals surface area contributed by atoms with Crippen LogP contribution in [0.2, 0.25) is 5.02 Å². The van der Waals surface area contributed by atoms with Crippen LogP contribution in [0.15, 0.2) is 90.1 Å². The van der Waals surface area contributed by atoms with Gasteiger partial charge in [0, 0.05) is 17.1 Å². The fourth-order valence-corrected chi connectivity index (χ4v) is 2.93. The summed E-state index contributed by atoms with van der Waals surface area (Å²) >= 11 is 5.99. The molecular formula is C23H23ClN2O. The van der Waals surface area contributed by atoms with Gasteiger partial charge in [-0.1, -0.05) is 77.4 Å². The zero-order valence-corrected chi connectivity index (χ0v) is 16.1. The van der Waals surface area contributed by atoms with Gasteiger partial charge >= 0.3 is 0 Å². The molecule has 1 atom stereocenters. The minimum Gasteiger partial charge on any atom is -0.391 e. The normalized spacial score (nSPS) is 12.4. The van der Waals surface area contributed by atoms with E-state index in [1.165, 1.54) is 5.56 Å². The third-order valence-corrected chi connectivity index (χ3v) is 4.43. The summed E-state index contributed by atoms with van der Waals surface area (Å²) < 4.78 is 0. The van der Waals surface area contributed by atoms with Crippen LogP contribution < -0.4 is 5.32 Å². The Kier molecular flexibility index (Phi) is 6.89. The molecule has 27 heavy (non-hydrogen) atoms. The summed E-state index contributed by atoms with van der Waals surface area (Å²) in [4.78, 5) is 5.53. The molecule has 0 aliphatic carbocycles. The number of hydrogen-bond acceptors (Lipinski definition) is 3. The Labute approximate surface area is 165 Å². The molecule has 0 heterocycles. The largest absolute Gasteiger partial charge is 0.391 e. The van der Waals surface area contributed by atoms with Crippen LogP contribution in [0.25, 0.3) is 0 Å². The van der Waals surface area contributed by atoms with Crippen molar-refractivity contribution in [1.29, 1.82) is 0 Å². The van der Waals surface area contributed by atoms with Crippen molar-refractivity contribution >= 4 is 23.0 Å². The molecule has 0 radical (unpaired) electrons. The molecule has 0 aliphatic heterocycles. The second kappa shape index (κ2) is 9.79. The zero-order valence-electron chi connectivity index (χ0n) is 15.3. The summed E-state index contributed by atoms with van der Waals surface area (Å²) in [6.07, 6.45) is 0.738. The molecular weight excluding hydrogens is 356 g/mol. The van der Waals surface area contributed by atoms with E-state index in [0.29, 0.717) is 6.61 Å². The predicted molar refractivity (Wildman–Crippen MR) is 113 cm³/mol. The SMILES string of the molecule is C/C(CC(Nc1ccc(Cl)cc1)c1ccccc1)=N\OCc1ccccc1. The van der Waals surface area contributed by atoms with Crippen LogP contribution in [-0.2, 0) is 11.4 Å². The molecule has 3 nitrogen and oxygen atoms in total. The van der Waals surface area contributed by atoms with Gasteiger partial charge in [0.05, 0.1) is 11.8 Å². The van der Waals surface area contributed by atoms with Gasteiger partial charge in [-0.2, -0.15) is 0 Å². The lowest BCUT2D eigenvalue weighted by Gasteiger charge is -2.20. The summed E-state index contributed by atoms with van der Waals surface area (Å²) in [6, 6.07) is 28.2. The monoisotopic (exact) mass is 378 g/mol. The Bertz CT molecular complexity index is 849. The minimum absolute atomic E-state index is 0.0939. The maximum absolute atomic E-state index is 5.99. The van der Waals surface area contributed by atoms with Gasteiger partial charge < -0.3 is 10.2 Å². The number of anilines is 1. The summed E-state index contributed by atoms with van der Waals surface area (Å²) in [7, 11) is 0. The van der Waals surface area contributed by atoms with Gasteiger partial charge in [-0.05, 0) is 42.3 Å². The molecule has 3 rings (SSSR count). The minimum atomic E-state index is 0.0939. The number of nitrogens with one attached hydrogen (secondary N) is 1. The van der Waals surface area contributed by atoms with Crippen molar-refractivity contribution in [2.75, 3.05) is 5.32 Å². The number of halogens is 1. The van der Waals surface area contributed by atoms with Crippen LogP contribution >= 0.6 is 11.6 Å². The predicted octanol–water partition coefficient (Wildman–Crippen LogP) is 6.48. The van der Waals surface area contributed by atoms with Crippen molar-refractivity contribution in [1.82, 2.24) is 0 Å². The van der Waals surface area contributed by atoms with E-state index in [1.54, 1.807) is 0 Å². The second-order valence-corrected chi connectivity index (χ2v) is 6.84. The molecule has 4 heteroatoms. The number of hydrogen-bond donors (Lipinski definition) is 1. The quantitative estimate of drug-likeness (QED) is 0.359. The first-order valence-electron chi connectivity index (χ1n) is 8.97. The van der Waals surface area contributed by atoms with Crippen molar-refractivity contribution < 1.29 is 4.84 Å². The molecule has 1 unspecified atom stereocenters.